The molecule has 1 aromatic rings. The molecule has 5 nitrogen and oxygen atoms in total. The zero-order valence-electron chi connectivity index (χ0n) is 15.0. The van der Waals surface area contributed by atoms with E-state index >= 15 is 0 Å². The number of rotatable bonds is 11. The number of hydrogen-bond donors (Lipinski definition) is 1. The van der Waals surface area contributed by atoms with Crippen LogP contribution in [0, 0.1) is 0 Å². The van der Waals surface area contributed by atoms with E-state index < -0.39 is 13.7 Å². The van der Waals surface area contributed by atoms with Crippen LogP contribution >= 0.6 is 7.60 Å². The minimum atomic E-state index is -3.57. The van der Waals surface area contributed by atoms with Crippen molar-refractivity contribution >= 4 is 7.60 Å². The van der Waals surface area contributed by atoms with Gasteiger partial charge in [0.15, 0.2) is 0 Å². The maximum atomic E-state index is 13.2. The molecule has 0 amide bonds. The largest absolute Gasteiger partial charge is 0.496 e. The summed E-state index contributed by atoms with van der Waals surface area (Å²) in [5.74, 6) is 0.533. The summed E-state index contributed by atoms with van der Waals surface area (Å²) < 4.78 is 29.4. The molecule has 0 bridgehead atoms. The highest BCUT2D eigenvalue weighted by atomic mass is 31.2. The van der Waals surface area contributed by atoms with Crippen molar-refractivity contribution in [1.29, 1.82) is 0 Å². The van der Waals surface area contributed by atoms with Gasteiger partial charge in [-0.1, -0.05) is 44.0 Å². The first-order chi connectivity index (χ1) is 11.5. The van der Waals surface area contributed by atoms with Crippen molar-refractivity contribution in [3.8, 4) is 5.75 Å². The Morgan fingerprint density at radius 3 is 2.38 bits per heavy atom. The number of hydrogen-bond acceptors (Lipinski definition) is 5. The van der Waals surface area contributed by atoms with Gasteiger partial charge in [-0.15, -0.1) is 0 Å². The van der Waals surface area contributed by atoms with Gasteiger partial charge in [0.2, 0.25) is 0 Å². The van der Waals surface area contributed by atoms with E-state index in [0.717, 1.165) is 12.8 Å². The van der Waals surface area contributed by atoms with Gasteiger partial charge in [0.05, 0.1) is 25.6 Å². The Morgan fingerprint density at radius 2 is 1.83 bits per heavy atom. The minimum Gasteiger partial charge on any atom is -0.496 e. The van der Waals surface area contributed by atoms with Gasteiger partial charge in [-0.25, -0.2) is 0 Å². The molecular formula is C18H29O5P. The first kappa shape index (κ1) is 20.9. The maximum Gasteiger partial charge on any atom is 0.359 e. The van der Waals surface area contributed by atoms with E-state index in [1.54, 1.807) is 38.1 Å². The van der Waals surface area contributed by atoms with Gasteiger partial charge in [0.1, 0.15) is 11.9 Å². The van der Waals surface area contributed by atoms with Crippen molar-refractivity contribution in [1.82, 2.24) is 0 Å². The van der Waals surface area contributed by atoms with Crippen LogP contribution in [0.4, 0.5) is 0 Å². The lowest BCUT2D eigenvalue weighted by Gasteiger charge is -2.25. The van der Waals surface area contributed by atoms with Crippen LogP contribution < -0.4 is 4.74 Å². The summed E-state index contributed by atoms with van der Waals surface area (Å²) in [6.07, 6.45) is 3.30. The van der Waals surface area contributed by atoms with Crippen molar-refractivity contribution < 1.29 is 23.5 Å². The first-order valence-electron chi connectivity index (χ1n) is 8.44. The van der Waals surface area contributed by atoms with E-state index in [2.05, 4.69) is 6.92 Å². The smallest absolute Gasteiger partial charge is 0.359 e. The van der Waals surface area contributed by atoms with E-state index in [1.807, 2.05) is 6.07 Å². The Balaban J connectivity index is 3.30. The van der Waals surface area contributed by atoms with Crippen LogP contribution in [0.15, 0.2) is 35.7 Å². The van der Waals surface area contributed by atoms with Crippen molar-refractivity contribution in [2.45, 2.75) is 46.1 Å². The van der Waals surface area contributed by atoms with Gasteiger partial charge in [0.25, 0.3) is 0 Å². The fourth-order valence-corrected chi connectivity index (χ4v) is 4.25. The van der Waals surface area contributed by atoms with Gasteiger partial charge >= 0.3 is 7.60 Å². The van der Waals surface area contributed by atoms with Gasteiger partial charge in [-0.3, -0.25) is 4.57 Å². The molecular weight excluding hydrogens is 327 g/mol. The maximum absolute atomic E-state index is 13.2. The molecule has 1 rings (SSSR count). The summed E-state index contributed by atoms with van der Waals surface area (Å²) in [4.78, 5) is 0. The summed E-state index contributed by atoms with van der Waals surface area (Å²) >= 11 is 0. The highest BCUT2D eigenvalue weighted by Gasteiger charge is 2.35. The molecule has 0 aliphatic carbocycles. The Labute approximate surface area is 145 Å². The quantitative estimate of drug-likeness (QED) is 0.443. The Morgan fingerprint density at radius 1 is 1.21 bits per heavy atom. The molecule has 136 valence electrons. The van der Waals surface area contributed by atoms with Crippen LogP contribution in [-0.2, 0) is 13.6 Å². The monoisotopic (exact) mass is 356 g/mol. The van der Waals surface area contributed by atoms with Gasteiger partial charge in [0, 0.05) is 5.56 Å². The Kier molecular flexibility index (Phi) is 9.30. The first-order valence-corrected chi connectivity index (χ1v) is 9.98. The van der Waals surface area contributed by atoms with E-state index in [1.165, 1.54) is 7.11 Å². The lowest BCUT2D eigenvalue weighted by Crippen LogP contribution is -2.09. The van der Waals surface area contributed by atoms with E-state index in [0.29, 0.717) is 17.7 Å². The third-order valence-electron chi connectivity index (χ3n) is 3.54. The number of benzene rings is 1. The molecule has 0 aliphatic rings. The molecule has 1 N–H and O–H groups in total. The van der Waals surface area contributed by atoms with E-state index in [-0.39, 0.29) is 18.5 Å². The number of ether oxygens (including phenoxy) is 1. The third-order valence-corrected chi connectivity index (χ3v) is 5.79. The average molecular weight is 356 g/mol. The molecule has 0 fully saturated rings. The van der Waals surface area contributed by atoms with Crippen LogP contribution in [0.5, 0.6) is 5.75 Å². The van der Waals surface area contributed by atoms with Gasteiger partial charge in [-0.2, -0.15) is 0 Å². The van der Waals surface area contributed by atoms with Crippen molar-refractivity contribution in [2.75, 3.05) is 20.3 Å². The van der Waals surface area contributed by atoms with Crippen molar-refractivity contribution in [3.05, 3.63) is 41.2 Å². The minimum absolute atomic E-state index is 0.237. The predicted molar refractivity (Wildman–Crippen MR) is 96.4 cm³/mol. The zero-order valence-corrected chi connectivity index (χ0v) is 15.9. The summed E-state index contributed by atoms with van der Waals surface area (Å²) in [6, 6.07) is 7.13. The fourth-order valence-electron chi connectivity index (χ4n) is 2.41. The standard InChI is InChI=1S/C18H29O5P/c1-5-8-9-14-17(24(20,22-6-2)23-7-3)18(19)15-12-10-11-13-16(15)21-4/h10-14,18-19H,5-9H2,1-4H3/b17-14+. The molecule has 0 aliphatic heterocycles. The molecule has 1 unspecified atom stereocenters. The van der Waals surface area contributed by atoms with Crippen molar-refractivity contribution in [3.63, 3.8) is 0 Å². The van der Waals surface area contributed by atoms with Crippen LogP contribution in [0.1, 0.15) is 51.7 Å². The zero-order chi connectivity index (χ0) is 18.0. The molecule has 0 saturated carbocycles. The van der Waals surface area contributed by atoms with Crippen molar-refractivity contribution in [2.24, 2.45) is 0 Å². The molecule has 0 aromatic heterocycles. The number of allylic oxidation sites excluding steroid dienone is 1. The Bertz CT molecular complexity index is 560. The number of aliphatic hydroxyl groups is 1. The van der Waals surface area contributed by atoms with Crippen LogP contribution in [0.3, 0.4) is 0 Å². The van der Waals surface area contributed by atoms with Crippen LogP contribution in [-0.4, -0.2) is 25.4 Å². The molecule has 0 radical (unpaired) electrons. The molecule has 1 atom stereocenters. The highest BCUT2D eigenvalue weighted by molar-refractivity contribution is 7.58. The summed E-state index contributed by atoms with van der Waals surface area (Å²) in [6.45, 7) is 6.06. The second-order valence-electron chi connectivity index (χ2n) is 5.25. The summed E-state index contributed by atoms with van der Waals surface area (Å²) in [5, 5.41) is 11.2. The Hall–Kier alpha value is -1.13. The highest BCUT2D eigenvalue weighted by Crippen LogP contribution is 2.60. The number of methoxy groups -OCH3 is 1. The SMILES string of the molecule is CCCC/C=C(\C(O)c1ccccc1OC)P(=O)(OCC)OCC. The topological polar surface area (TPSA) is 65.0 Å². The van der Waals surface area contributed by atoms with Crippen LogP contribution in [0.25, 0.3) is 0 Å². The molecule has 0 spiro atoms. The van der Waals surface area contributed by atoms with Crippen LogP contribution in [0.2, 0.25) is 0 Å². The molecule has 0 heterocycles. The van der Waals surface area contributed by atoms with E-state index in [9.17, 15) is 9.67 Å². The second kappa shape index (κ2) is 10.7. The number of unbranched alkanes of at least 4 members (excludes halogenated alkanes) is 2. The summed E-state index contributed by atoms with van der Waals surface area (Å²) in [5.41, 5.74) is 0.544. The molecule has 24 heavy (non-hydrogen) atoms. The number of aliphatic hydroxyl groups excluding tert-OH is 1. The average Bonchev–Trinajstić information content (AvgIpc) is 2.58. The van der Waals surface area contributed by atoms with Gasteiger partial charge in [-0.05, 0) is 26.3 Å². The molecule has 0 saturated heterocycles. The predicted octanol–water partition coefficient (Wildman–Crippen LogP) is 5.07. The second-order valence-corrected chi connectivity index (χ2v) is 7.28. The molecule has 6 heteroatoms. The summed E-state index contributed by atoms with van der Waals surface area (Å²) in [7, 11) is -2.03. The number of para-hydroxylation sites is 1. The fraction of sp³-hybridized carbons (Fsp3) is 0.556. The van der Waals surface area contributed by atoms with Gasteiger partial charge < -0.3 is 18.9 Å². The van der Waals surface area contributed by atoms with E-state index in [4.69, 9.17) is 13.8 Å². The lowest BCUT2D eigenvalue weighted by atomic mass is 10.1. The molecule has 1 aromatic carbocycles. The lowest BCUT2D eigenvalue weighted by molar-refractivity contribution is 0.189. The normalized spacial score (nSPS) is 13.8. The third kappa shape index (κ3) is 5.45.